The second-order valence-electron chi connectivity index (χ2n) is 7.95. The maximum Gasteiger partial charge on any atom is 0.275 e. The average Bonchev–Trinajstić information content (AvgIpc) is 3.14. The highest BCUT2D eigenvalue weighted by atomic mass is 32.1. The van der Waals surface area contributed by atoms with Gasteiger partial charge in [0.1, 0.15) is 10.7 Å². The van der Waals surface area contributed by atoms with E-state index in [1.54, 1.807) is 18.3 Å². The van der Waals surface area contributed by atoms with Gasteiger partial charge in [-0.15, -0.1) is 11.3 Å². The lowest BCUT2D eigenvalue weighted by Crippen LogP contribution is -2.42. The standard InChI is InChI=1S/C19H21N5O3S/c1-18(2)8-10-11(14(20)25)17(28-13(10)19(3,4)27-18)22-16(26)12-9-6-5-7-21-15(9)24-23-12/h5-7H,8H2,1-4H3,(H2,20,25)(H,22,26)(H,21,23,24). The Morgan fingerprint density at radius 3 is 2.79 bits per heavy atom. The molecule has 0 atom stereocenters. The van der Waals surface area contributed by atoms with Crippen LogP contribution in [0.15, 0.2) is 18.3 Å². The molecule has 0 fully saturated rings. The van der Waals surface area contributed by atoms with Crippen LogP contribution in [0.2, 0.25) is 0 Å². The Bertz CT molecular complexity index is 1110. The van der Waals surface area contributed by atoms with E-state index >= 15 is 0 Å². The fraction of sp³-hybridized carbons (Fsp3) is 0.368. The molecule has 1 aliphatic heterocycles. The molecule has 146 valence electrons. The van der Waals surface area contributed by atoms with Gasteiger partial charge in [0, 0.05) is 17.5 Å². The number of carbonyl (C=O) groups excluding carboxylic acids is 2. The Hall–Kier alpha value is -2.78. The Labute approximate surface area is 165 Å². The summed E-state index contributed by atoms with van der Waals surface area (Å²) < 4.78 is 6.19. The van der Waals surface area contributed by atoms with Crippen LogP contribution in [0, 0.1) is 0 Å². The predicted molar refractivity (Wildman–Crippen MR) is 107 cm³/mol. The predicted octanol–water partition coefficient (Wildman–Crippen LogP) is 2.96. The zero-order valence-electron chi connectivity index (χ0n) is 16.0. The normalized spacial score (nSPS) is 17.3. The highest BCUT2D eigenvalue weighted by molar-refractivity contribution is 7.17. The number of fused-ring (bicyclic) bond motifs is 2. The number of amides is 2. The molecule has 4 rings (SSSR count). The van der Waals surface area contributed by atoms with Crippen molar-refractivity contribution in [2.24, 2.45) is 5.73 Å². The number of hydrogen-bond acceptors (Lipinski definition) is 6. The smallest absolute Gasteiger partial charge is 0.275 e. The SMILES string of the molecule is CC1(C)Cc2c(sc(NC(=O)c3[nH]nc4ncccc34)c2C(N)=O)C(C)(C)O1. The maximum atomic E-state index is 12.9. The third-order valence-corrected chi connectivity index (χ3v) is 6.17. The largest absolute Gasteiger partial charge is 0.365 e. The van der Waals surface area contributed by atoms with Gasteiger partial charge in [0.15, 0.2) is 5.65 Å². The van der Waals surface area contributed by atoms with Gasteiger partial charge < -0.3 is 15.8 Å². The molecule has 0 spiro atoms. The number of primary amides is 1. The average molecular weight is 399 g/mol. The number of hydrogen-bond donors (Lipinski definition) is 3. The first-order valence-corrected chi connectivity index (χ1v) is 9.67. The molecular formula is C19H21N5O3S. The number of pyridine rings is 1. The molecular weight excluding hydrogens is 378 g/mol. The van der Waals surface area contributed by atoms with Crippen LogP contribution in [0.5, 0.6) is 0 Å². The zero-order valence-corrected chi connectivity index (χ0v) is 16.9. The minimum absolute atomic E-state index is 0.278. The van der Waals surface area contributed by atoms with Gasteiger partial charge in [-0.05, 0) is 45.4 Å². The van der Waals surface area contributed by atoms with Gasteiger partial charge in [-0.25, -0.2) is 4.98 Å². The summed E-state index contributed by atoms with van der Waals surface area (Å²) in [4.78, 5) is 30.2. The van der Waals surface area contributed by atoms with Gasteiger partial charge in [0.25, 0.3) is 11.8 Å². The molecule has 0 bridgehead atoms. The van der Waals surface area contributed by atoms with Crippen LogP contribution in [0.4, 0.5) is 5.00 Å². The van der Waals surface area contributed by atoms with Crippen LogP contribution >= 0.6 is 11.3 Å². The summed E-state index contributed by atoms with van der Waals surface area (Å²) in [6, 6.07) is 3.49. The van der Waals surface area contributed by atoms with E-state index in [-0.39, 0.29) is 5.69 Å². The number of carbonyl (C=O) groups is 2. The number of ether oxygens (including phenoxy) is 1. The summed E-state index contributed by atoms with van der Waals surface area (Å²) in [5.41, 5.74) is 6.56. The van der Waals surface area contributed by atoms with E-state index in [9.17, 15) is 9.59 Å². The molecule has 3 aromatic rings. The summed E-state index contributed by atoms with van der Waals surface area (Å²) in [6.07, 6.45) is 2.14. The van der Waals surface area contributed by atoms with Crippen LogP contribution in [0.1, 0.15) is 59.0 Å². The molecule has 0 radical (unpaired) electrons. The number of aromatic nitrogens is 3. The van der Waals surface area contributed by atoms with Crippen LogP contribution in [0.25, 0.3) is 11.0 Å². The number of anilines is 1. The lowest BCUT2D eigenvalue weighted by molar-refractivity contribution is -0.135. The third kappa shape index (κ3) is 2.96. The van der Waals surface area contributed by atoms with Crippen molar-refractivity contribution in [1.29, 1.82) is 0 Å². The van der Waals surface area contributed by atoms with Gasteiger partial charge in [-0.3, -0.25) is 14.7 Å². The first kappa shape index (κ1) is 18.6. The Kier molecular flexibility index (Phi) is 4.06. The monoisotopic (exact) mass is 399 g/mol. The Morgan fingerprint density at radius 1 is 1.32 bits per heavy atom. The van der Waals surface area contributed by atoms with Crippen molar-refractivity contribution < 1.29 is 14.3 Å². The van der Waals surface area contributed by atoms with Crippen molar-refractivity contribution >= 4 is 39.2 Å². The molecule has 0 saturated heterocycles. The fourth-order valence-electron chi connectivity index (χ4n) is 3.86. The molecule has 0 saturated carbocycles. The summed E-state index contributed by atoms with van der Waals surface area (Å²) in [7, 11) is 0. The van der Waals surface area contributed by atoms with Crippen molar-refractivity contribution in [2.75, 3.05) is 5.32 Å². The van der Waals surface area contributed by atoms with Crippen molar-refractivity contribution in [2.45, 2.75) is 45.3 Å². The van der Waals surface area contributed by atoms with Gasteiger partial charge in [-0.2, -0.15) is 5.10 Å². The number of H-pyrrole nitrogens is 1. The lowest BCUT2D eigenvalue weighted by atomic mass is 9.86. The molecule has 28 heavy (non-hydrogen) atoms. The number of rotatable bonds is 3. The molecule has 1 aliphatic rings. The minimum atomic E-state index is -0.598. The quantitative estimate of drug-likeness (QED) is 0.625. The van der Waals surface area contributed by atoms with E-state index < -0.39 is 23.0 Å². The molecule has 0 aromatic carbocycles. The van der Waals surface area contributed by atoms with Gasteiger partial charge >= 0.3 is 0 Å². The highest BCUT2D eigenvalue weighted by Crippen LogP contribution is 2.48. The molecule has 0 aliphatic carbocycles. The molecule has 4 heterocycles. The Balaban J connectivity index is 1.78. The highest BCUT2D eigenvalue weighted by Gasteiger charge is 2.43. The van der Waals surface area contributed by atoms with Crippen molar-refractivity contribution in [3.8, 4) is 0 Å². The number of nitrogens with zero attached hydrogens (tertiary/aromatic N) is 2. The molecule has 3 aromatic heterocycles. The minimum Gasteiger partial charge on any atom is -0.365 e. The molecule has 4 N–H and O–H groups in total. The summed E-state index contributed by atoms with van der Waals surface area (Å²) in [5.74, 6) is -0.980. The van der Waals surface area contributed by atoms with Crippen molar-refractivity contribution in [1.82, 2.24) is 15.2 Å². The third-order valence-electron chi connectivity index (χ3n) is 4.72. The molecule has 2 amide bonds. The van der Waals surface area contributed by atoms with Crippen LogP contribution < -0.4 is 11.1 Å². The van der Waals surface area contributed by atoms with E-state index in [4.69, 9.17) is 10.5 Å². The fourth-order valence-corrected chi connectivity index (χ4v) is 5.12. The second kappa shape index (κ2) is 6.11. The summed E-state index contributed by atoms with van der Waals surface area (Å²) >= 11 is 1.32. The van der Waals surface area contributed by atoms with Crippen LogP contribution in [-0.4, -0.2) is 32.6 Å². The number of nitrogens with two attached hydrogens (primary N) is 1. The molecule has 0 unspecified atom stereocenters. The summed E-state index contributed by atoms with van der Waals surface area (Å²) in [5, 5.41) is 10.6. The lowest BCUT2D eigenvalue weighted by Gasteiger charge is -2.41. The topological polar surface area (TPSA) is 123 Å². The Morgan fingerprint density at radius 2 is 2.07 bits per heavy atom. The van der Waals surface area contributed by atoms with E-state index in [2.05, 4.69) is 20.5 Å². The number of nitrogens with one attached hydrogen (secondary N) is 2. The number of thiophene rings is 1. The van der Waals surface area contributed by atoms with Crippen LogP contribution in [0.3, 0.4) is 0 Å². The maximum absolute atomic E-state index is 12.9. The number of aromatic amines is 1. The summed E-state index contributed by atoms with van der Waals surface area (Å²) in [6.45, 7) is 7.85. The van der Waals surface area contributed by atoms with Gasteiger partial charge in [0.05, 0.1) is 22.2 Å². The van der Waals surface area contributed by atoms with Gasteiger partial charge in [-0.1, -0.05) is 0 Å². The first-order valence-electron chi connectivity index (χ1n) is 8.85. The van der Waals surface area contributed by atoms with E-state index in [1.807, 2.05) is 27.7 Å². The molecule has 9 heteroatoms. The second-order valence-corrected chi connectivity index (χ2v) is 8.97. The zero-order chi connectivity index (χ0) is 20.3. The molecule has 8 nitrogen and oxygen atoms in total. The van der Waals surface area contributed by atoms with Crippen molar-refractivity contribution in [3.63, 3.8) is 0 Å². The van der Waals surface area contributed by atoms with E-state index in [0.717, 1.165) is 10.4 Å². The van der Waals surface area contributed by atoms with E-state index in [1.165, 1.54) is 11.3 Å². The van der Waals surface area contributed by atoms with Crippen molar-refractivity contribution in [3.05, 3.63) is 40.0 Å². The van der Waals surface area contributed by atoms with Crippen LogP contribution in [-0.2, 0) is 16.8 Å². The first-order chi connectivity index (χ1) is 13.1. The van der Waals surface area contributed by atoms with E-state index in [0.29, 0.717) is 28.0 Å². The van der Waals surface area contributed by atoms with Gasteiger partial charge in [0.2, 0.25) is 0 Å².